The van der Waals surface area contributed by atoms with Gasteiger partial charge in [-0.2, -0.15) is 5.10 Å². The van der Waals surface area contributed by atoms with Gasteiger partial charge in [0.1, 0.15) is 5.69 Å². The average molecular weight is 374 g/mol. The Hall–Kier alpha value is -1.89. The first-order valence-corrected chi connectivity index (χ1v) is 10.2. The zero-order chi connectivity index (χ0) is 19.1. The molecule has 4 rings (SSSR count). The lowest BCUT2D eigenvalue weighted by Gasteiger charge is -2.52. The van der Waals surface area contributed by atoms with E-state index >= 15 is 0 Å². The molecule has 0 saturated carbocycles. The third-order valence-electron chi connectivity index (χ3n) is 6.35. The first-order chi connectivity index (χ1) is 12.9. The monoisotopic (exact) mass is 373 g/mol. The van der Waals surface area contributed by atoms with Crippen molar-refractivity contribution in [3.63, 3.8) is 0 Å². The Morgan fingerprint density at radius 2 is 2.11 bits per heavy atom. The van der Waals surface area contributed by atoms with Crippen LogP contribution < -0.4 is 0 Å². The molecule has 2 amide bonds. The quantitative estimate of drug-likeness (QED) is 0.796. The van der Waals surface area contributed by atoms with E-state index in [9.17, 15) is 9.59 Å². The van der Waals surface area contributed by atoms with Crippen LogP contribution in [-0.4, -0.2) is 82.6 Å². The summed E-state index contributed by atoms with van der Waals surface area (Å²) in [5.74, 6) is 1.24. The summed E-state index contributed by atoms with van der Waals surface area (Å²) in [5.41, 5.74) is 1.59. The van der Waals surface area contributed by atoms with Crippen molar-refractivity contribution >= 4 is 11.8 Å². The highest BCUT2D eigenvalue weighted by Crippen LogP contribution is 2.38. The fraction of sp³-hybridized carbons (Fsp3) is 0.750. The first kappa shape index (κ1) is 18.5. The van der Waals surface area contributed by atoms with Crippen LogP contribution in [0.2, 0.25) is 0 Å². The molecule has 0 aromatic carbocycles. The Kier molecular flexibility index (Phi) is 4.97. The predicted octanol–water partition coefficient (Wildman–Crippen LogP) is 1.23. The van der Waals surface area contributed by atoms with E-state index in [4.69, 9.17) is 0 Å². The molecule has 0 N–H and O–H groups in total. The predicted molar refractivity (Wildman–Crippen MR) is 102 cm³/mol. The van der Waals surface area contributed by atoms with Crippen LogP contribution in [0.3, 0.4) is 0 Å². The number of fused-ring (bicyclic) bond motifs is 4. The Labute approximate surface area is 161 Å². The zero-order valence-corrected chi connectivity index (χ0v) is 16.7. The van der Waals surface area contributed by atoms with Gasteiger partial charge in [-0.05, 0) is 58.2 Å². The van der Waals surface area contributed by atoms with Gasteiger partial charge in [-0.3, -0.25) is 14.3 Å². The molecule has 3 aliphatic heterocycles. The number of carbonyl (C=O) groups is 2. The average Bonchev–Trinajstić information content (AvgIpc) is 3.01. The van der Waals surface area contributed by atoms with Crippen molar-refractivity contribution < 1.29 is 9.59 Å². The molecule has 7 nitrogen and oxygen atoms in total. The maximum atomic E-state index is 13.3. The molecule has 4 heterocycles. The lowest BCUT2D eigenvalue weighted by Crippen LogP contribution is -2.61. The van der Waals surface area contributed by atoms with Crippen molar-refractivity contribution in [3.05, 3.63) is 17.5 Å². The molecule has 7 heteroatoms. The number of hydrogen-bond donors (Lipinski definition) is 0. The largest absolute Gasteiger partial charge is 0.339 e. The van der Waals surface area contributed by atoms with Crippen molar-refractivity contribution in [1.29, 1.82) is 0 Å². The van der Waals surface area contributed by atoms with E-state index in [1.165, 1.54) is 0 Å². The molecule has 1 aromatic heterocycles. The molecule has 0 radical (unpaired) electrons. The van der Waals surface area contributed by atoms with E-state index in [1.54, 1.807) is 0 Å². The van der Waals surface area contributed by atoms with E-state index in [0.29, 0.717) is 42.4 Å². The number of aromatic nitrogens is 2. The lowest BCUT2D eigenvalue weighted by molar-refractivity contribution is -0.144. The fourth-order valence-electron chi connectivity index (χ4n) is 5.12. The van der Waals surface area contributed by atoms with Crippen LogP contribution in [0, 0.1) is 18.8 Å². The number of likely N-dealkylation sites (N-methyl/N-ethyl adjacent to an activating group) is 1. The summed E-state index contributed by atoms with van der Waals surface area (Å²) in [6.07, 6.45) is 3.93. The van der Waals surface area contributed by atoms with E-state index in [2.05, 4.69) is 14.9 Å². The fourth-order valence-corrected chi connectivity index (χ4v) is 5.12. The molecule has 0 aliphatic carbocycles. The summed E-state index contributed by atoms with van der Waals surface area (Å²) in [4.78, 5) is 31.9. The van der Waals surface area contributed by atoms with Crippen LogP contribution in [0.4, 0.5) is 0 Å². The van der Waals surface area contributed by atoms with Crippen molar-refractivity contribution in [1.82, 2.24) is 24.5 Å². The van der Waals surface area contributed by atoms with Gasteiger partial charge < -0.3 is 14.7 Å². The highest BCUT2D eigenvalue weighted by molar-refractivity contribution is 5.93. The minimum Gasteiger partial charge on any atom is -0.339 e. The number of rotatable bonds is 4. The second kappa shape index (κ2) is 7.26. The van der Waals surface area contributed by atoms with E-state index in [-0.39, 0.29) is 5.91 Å². The minimum atomic E-state index is 0.0969. The van der Waals surface area contributed by atoms with Crippen molar-refractivity contribution in [2.75, 3.05) is 40.3 Å². The van der Waals surface area contributed by atoms with E-state index in [0.717, 1.165) is 51.1 Å². The molecule has 3 aliphatic rings. The summed E-state index contributed by atoms with van der Waals surface area (Å²) >= 11 is 0. The van der Waals surface area contributed by atoms with Gasteiger partial charge >= 0.3 is 0 Å². The zero-order valence-electron chi connectivity index (χ0n) is 16.7. The van der Waals surface area contributed by atoms with Gasteiger partial charge in [0.05, 0.1) is 12.2 Å². The Morgan fingerprint density at radius 3 is 2.89 bits per heavy atom. The second-order valence-corrected chi connectivity index (χ2v) is 8.77. The molecular weight excluding hydrogens is 342 g/mol. The Bertz CT molecular complexity index is 728. The van der Waals surface area contributed by atoms with Crippen molar-refractivity contribution in [2.45, 2.75) is 45.2 Å². The van der Waals surface area contributed by atoms with Gasteiger partial charge in [0.25, 0.3) is 5.91 Å². The standard InChI is InChI=1S/C20H31N5O2/c1-14-9-18(25(21-14)8-7-22(2)3)20(27)23-11-15-10-16(13-23)17-5-4-6-19(26)24(17)12-15/h9,15-17H,4-8,10-13H2,1-3H3/t15-,16-,17+/m1/s1. The van der Waals surface area contributed by atoms with Crippen LogP contribution in [0.15, 0.2) is 6.07 Å². The Morgan fingerprint density at radius 1 is 1.30 bits per heavy atom. The minimum absolute atomic E-state index is 0.0969. The van der Waals surface area contributed by atoms with Crippen molar-refractivity contribution in [2.24, 2.45) is 11.8 Å². The van der Waals surface area contributed by atoms with Gasteiger partial charge in [-0.15, -0.1) is 0 Å². The first-order valence-electron chi connectivity index (χ1n) is 10.2. The highest BCUT2D eigenvalue weighted by atomic mass is 16.2. The summed E-state index contributed by atoms with van der Waals surface area (Å²) in [6, 6.07) is 2.25. The molecule has 3 saturated heterocycles. The number of piperidine rings is 3. The summed E-state index contributed by atoms with van der Waals surface area (Å²) in [7, 11) is 4.06. The SMILES string of the molecule is Cc1cc(C(=O)N2C[C@H]3C[C@H](C2)[C@@H]2CCCC(=O)N2C3)n(CCN(C)C)n1. The molecule has 0 spiro atoms. The van der Waals surface area contributed by atoms with Crippen LogP contribution in [-0.2, 0) is 11.3 Å². The molecule has 3 atom stereocenters. The molecule has 3 fully saturated rings. The van der Waals surface area contributed by atoms with Gasteiger partial charge in [-0.1, -0.05) is 0 Å². The van der Waals surface area contributed by atoms with Crippen LogP contribution in [0.1, 0.15) is 41.9 Å². The van der Waals surface area contributed by atoms with E-state index < -0.39 is 0 Å². The van der Waals surface area contributed by atoms with Gasteiger partial charge in [-0.25, -0.2) is 0 Å². The highest BCUT2D eigenvalue weighted by Gasteiger charge is 2.45. The number of aryl methyl sites for hydroxylation is 1. The number of amides is 2. The number of carbonyl (C=O) groups excluding carboxylic acids is 2. The molecule has 2 bridgehead atoms. The maximum absolute atomic E-state index is 13.3. The van der Waals surface area contributed by atoms with Crippen LogP contribution in [0.25, 0.3) is 0 Å². The van der Waals surface area contributed by atoms with E-state index in [1.807, 2.05) is 36.7 Å². The number of likely N-dealkylation sites (tertiary alicyclic amines) is 1. The maximum Gasteiger partial charge on any atom is 0.272 e. The third-order valence-corrected chi connectivity index (χ3v) is 6.35. The number of nitrogens with zero attached hydrogens (tertiary/aromatic N) is 5. The van der Waals surface area contributed by atoms with Crippen LogP contribution in [0.5, 0.6) is 0 Å². The van der Waals surface area contributed by atoms with Gasteiger partial charge in [0, 0.05) is 38.6 Å². The van der Waals surface area contributed by atoms with Gasteiger partial charge in [0.15, 0.2) is 0 Å². The summed E-state index contributed by atoms with van der Waals surface area (Å²) < 4.78 is 1.86. The molecule has 1 aromatic rings. The lowest BCUT2D eigenvalue weighted by atomic mass is 9.76. The molecule has 148 valence electrons. The summed E-state index contributed by atoms with van der Waals surface area (Å²) in [6.45, 7) is 5.85. The second-order valence-electron chi connectivity index (χ2n) is 8.77. The smallest absolute Gasteiger partial charge is 0.272 e. The molecule has 0 unspecified atom stereocenters. The van der Waals surface area contributed by atoms with Crippen molar-refractivity contribution in [3.8, 4) is 0 Å². The summed E-state index contributed by atoms with van der Waals surface area (Å²) in [5, 5.41) is 4.54. The Balaban J connectivity index is 1.50. The third kappa shape index (κ3) is 3.61. The molecular formula is C20H31N5O2. The normalized spacial score (nSPS) is 27.9. The van der Waals surface area contributed by atoms with Crippen LogP contribution >= 0.6 is 0 Å². The number of hydrogen-bond acceptors (Lipinski definition) is 4. The topological polar surface area (TPSA) is 61.7 Å². The van der Waals surface area contributed by atoms with Gasteiger partial charge in [0.2, 0.25) is 5.91 Å². The molecule has 27 heavy (non-hydrogen) atoms.